The van der Waals surface area contributed by atoms with Gasteiger partial charge in [0.05, 0.1) is 6.04 Å². The molecule has 0 radical (unpaired) electrons. The molecule has 3 rings (SSSR count). The predicted molar refractivity (Wildman–Crippen MR) is 67.9 cm³/mol. The van der Waals surface area contributed by atoms with E-state index in [0.29, 0.717) is 17.1 Å². The third-order valence-corrected chi connectivity index (χ3v) is 3.65. The minimum absolute atomic E-state index is 0.0484. The number of halogens is 1. The van der Waals surface area contributed by atoms with Crippen LogP contribution in [0.1, 0.15) is 29.7 Å². The van der Waals surface area contributed by atoms with Gasteiger partial charge >= 0.3 is 0 Å². The molecule has 0 bridgehead atoms. The van der Waals surface area contributed by atoms with Crippen molar-refractivity contribution in [2.75, 3.05) is 0 Å². The summed E-state index contributed by atoms with van der Waals surface area (Å²) in [6.45, 7) is 0. The average molecular weight is 248 g/mol. The van der Waals surface area contributed by atoms with E-state index in [0.717, 1.165) is 12.2 Å². The number of hydrogen-bond donors (Lipinski definition) is 1. The van der Waals surface area contributed by atoms with Gasteiger partial charge in [-0.2, -0.15) is 0 Å². The molecule has 1 saturated carbocycles. The largest absolute Gasteiger partial charge is 0.448 e. The average Bonchev–Trinajstić information content (AvgIpc) is 3.05. The van der Waals surface area contributed by atoms with Crippen molar-refractivity contribution < 1.29 is 4.42 Å². The number of hydrogen-bond acceptors (Lipinski definition) is 2. The summed E-state index contributed by atoms with van der Waals surface area (Å²) in [5.74, 6) is 1.83. The Bertz CT molecular complexity index is 508. The Morgan fingerprint density at radius 2 is 1.94 bits per heavy atom. The lowest BCUT2D eigenvalue weighted by Gasteiger charge is -2.08. The third-order valence-electron chi connectivity index (χ3n) is 3.45. The zero-order valence-electron chi connectivity index (χ0n) is 9.34. The third kappa shape index (κ3) is 2.11. The second-order valence-electron chi connectivity index (χ2n) is 4.58. The highest BCUT2D eigenvalue weighted by Crippen LogP contribution is 2.53. The Morgan fingerprint density at radius 1 is 1.18 bits per heavy atom. The Hall–Kier alpha value is -1.25. The maximum atomic E-state index is 6.19. The minimum Gasteiger partial charge on any atom is -0.448 e. The molecule has 3 atom stereocenters. The first-order chi connectivity index (χ1) is 8.25. The molecule has 0 aliphatic heterocycles. The van der Waals surface area contributed by atoms with Crippen LogP contribution in [0.3, 0.4) is 0 Å². The van der Waals surface area contributed by atoms with Crippen LogP contribution >= 0.6 is 11.6 Å². The van der Waals surface area contributed by atoms with Crippen LogP contribution in [0.25, 0.3) is 0 Å². The number of rotatable bonds is 3. The summed E-state index contributed by atoms with van der Waals surface area (Å²) >= 11 is 5.76. The van der Waals surface area contributed by atoms with E-state index in [4.69, 9.17) is 21.8 Å². The fourth-order valence-corrected chi connectivity index (χ4v) is 2.57. The van der Waals surface area contributed by atoms with Gasteiger partial charge in [0.25, 0.3) is 0 Å². The molecule has 2 aromatic rings. The highest BCUT2D eigenvalue weighted by molar-refractivity contribution is 6.28. The van der Waals surface area contributed by atoms with Crippen LogP contribution in [0.5, 0.6) is 0 Å². The summed E-state index contributed by atoms with van der Waals surface area (Å²) in [4.78, 5) is 0. The Kier molecular flexibility index (Phi) is 2.69. The van der Waals surface area contributed by atoms with Crippen molar-refractivity contribution in [3.8, 4) is 0 Å². The second-order valence-corrected chi connectivity index (χ2v) is 4.96. The van der Waals surface area contributed by atoms with Crippen LogP contribution in [0, 0.1) is 5.92 Å². The topological polar surface area (TPSA) is 39.2 Å². The van der Waals surface area contributed by atoms with Crippen molar-refractivity contribution >= 4 is 11.6 Å². The van der Waals surface area contributed by atoms with Crippen molar-refractivity contribution in [3.63, 3.8) is 0 Å². The SMILES string of the molecule is NC(c1ccc(Cl)o1)C1CC1c1ccccc1. The summed E-state index contributed by atoms with van der Waals surface area (Å²) in [7, 11) is 0. The molecule has 1 aromatic carbocycles. The number of benzene rings is 1. The van der Waals surface area contributed by atoms with E-state index in [1.165, 1.54) is 5.56 Å². The molecule has 1 aliphatic carbocycles. The molecular weight excluding hydrogens is 234 g/mol. The number of nitrogens with two attached hydrogens (primary N) is 1. The van der Waals surface area contributed by atoms with E-state index < -0.39 is 0 Å². The van der Waals surface area contributed by atoms with Crippen LogP contribution in [-0.4, -0.2) is 0 Å². The monoisotopic (exact) mass is 247 g/mol. The molecule has 17 heavy (non-hydrogen) atoms. The first-order valence-corrected chi connectivity index (χ1v) is 6.19. The van der Waals surface area contributed by atoms with Crippen LogP contribution in [0.2, 0.25) is 5.22 Å². The lowest BCUT2D eigenvalue weighted by atomic mass is 10.0. The standard InChI is InChI=1S/C14H14ClNO/c15-13-7-6-12(17-13)14(16)11-8-10(11)9-4-2-1-3-5-9/h1-7,10-11,14H,8,16H2. The quantitative estimate of drug-likeness (QED) is 0.898. The fourth-order valence-electron chi connectivity index (χ4n) is 2.41. The number of furan rings is 1. The normalized spacial score (nSPS) is 24.6. The van der Waals surface area contributed by atoms with Crippen molar-refractivity contribution in [1.82, 2.24) is 0 Å². The van der Waals surface area contributed by atoms with Crippen LogP contribution < -0.4 is 5.73 Å². The lowest BCUT2D eigenvalue weighted by molar-refractivity contribution is 0.440. The zero-order chi connectivity index (χ0) is 11.8. The second kappa shape index (κ2) is 4.21. The molecule has 2 nitrogen and oxygen atoms in total. The van der Waals surface area contributed by atoms with Gasteiger partial charge in [-0.25, -0.2) is 0 Å². The Labute approximate surface area is 105 Å². The summed E-state index contributed by atoms with van der Waals surface area (Å²) in [5, 5.41) is 0.410. The maximum Gasteiger partial charge on any atom is 0.193 e. The Balaban J connectivity index is 1.73. The first kappa shape index (κ1) is 10.9. The van der Waals surface area contributed by atoms with Gasteiger partial charge in [-0.15, -0.1) is 0 Å². The van der Waals surface area contributed by atoms with Crippen molar-refractivity contribution in [2.45, 2.75) is 18.4 Å². The molecule has 88 valence electrons. The lowest BCUT2D eigenvalue weighted by Crippen LogP contribution is -2.12. The van der Waals surface area contributed by atoms with Gasteiger partial charge < -0.3 is 10.2 Å². The van der Waals surface area contributed by atoms with Gasteiger partial charge in [-0.05, 0) is 47.6 Å². The van der Waals surface area contributed by atoms with E-state index in [2.05, 4.69) is 24.3 Å². The first-order valence-electron chi connectivity index (χ1n) is 5.81. The zero-order valence-corrected chi connectivity index (χ0v) is 10.1. The molecule has 1 fully saturated rings. The summed E-state index contributed by atoms with van der Waals surface area (Å²) in [6.07, 6.45) is 1.13. The van der Waals surface area contributed by atoms with Crippen molar-refractivity contribution in [3.05, 3.63) is 59.0 Å². The minimum atomic E-state index is -0.0484. The highest BCUT2D eigenvalue weighted by atomic mass is 35.5. The van der Waals surface area contributed by atoms with Gasteiger partial charge in [-0.3, -0.25) is 0 Å². The van der Waals surface area contributed by atoms with Crippen LogP contribution in [-0.2, 0) is 0 Å². The van der Waals surface area contributed by atoms with Gasteiger partial charge in [-0.1, -0.05) is 30.3 Å². The molecule has 0 spiro atoms. The molecule has 1 aromatic heterocycles. The van der Waals surface area contributed by atoms with Crippen LogP contribution in [0.4, 0.5) is 0 Å². The molecule has 3 heteroatoms. The molecule has 0 amide bonds. The van der Waals surface area contributed by atoms with E-state index in [1.807, 2.05) is 12.1 Å². The summed E-state index contributed by atoms with van der Waals surface area (Å²) in [5.41, 5.74) is 7.56. The molecule has 2 N–H and O–H groups in total. The molecule has 1 aliphatic rings. The smallest absolute Gasteiger partial charge is 0.193 e. The summed E-state index contributed by atoms with van der Waals surface area (Å²) < 4.78 is 5.37. The van der Waals surface area contributed by atoms with Gasteiger partial charge in [0, 0.05) is 0 Å². The summed E-state index contributed by atoms with van der Waals surface area (Å²) in [6, 6.07) is 14.1. The van der Waals surface area contributed by atoms with E-state index in [-0.39, 0.29) is 6.04 Å². The molecule has 0 saturated heterocycles. The predicted octanol–water partition coefficient (Wildman–Crippen LogP) is 3.74. The van der Waals surface area contributed by atoms with Crippen LogP contribution in [0.15, 0.2) is 46.9 Å². The Morgan fingerprint density at radius 3 is 2.59 bits per heavy atom. The van der Waals surface area contributed by atoms with E-state index in [1.54, 1.807) is 6.07 Å². The van der Waals surface area contributed by atoms with E-state index in [9.17, 15) is 0 Å². The molecular formula is C14H14ClNO. The molecule has 1 heterocycles. The van der Waals surface area contributed by atoms with Crippen molar-refractivity contribution in [2.24, 2.45) is 11.7 Å². The van der Waals surface area contributed by atoms with Crippen molar-refractivity contribution in [1.29, 1.82) is 0 Å². The van der Waals surface area contributed by atoms with Gasteiger partial charge in [0.2, 0.25) is 0 Å². The van der Waals surface area contributed by atoms with Gasteiger partial charge in [0.15, 0.2) is 5.22 Å². The fraction of sp³-hybridized carbons (Fsp3) is 0.286. The highest BCUT2D eigenvalue weighted by Gasteiger charge is 2.43. The molecule has 3 unspecified atom stereocenters. The maximum absolute atomic E-state index is 6.19. The van der Waals surface area contributed by atoms with E-state index >= 15 is 0 Å². The van der Waals surface area contributed by atoms with Gasteiger partial charge in [0.1, 0.15) is 5.76 Å².